The number of hydrogen-bond donors (Lipinski definition) is 1. The van der Waals surface area contributed by atoms with Crippen molar-refractivity contribution in [1.82, 2.24) is 5.43 Å². The van der Waals surface area contributed by atoms with Crippen molar-refractivity contribution in [2.75, 3.05) is 6.54 Å². The van der Waals surface area contributed by atoms with Crippen LogP contribution in [-0.4, -0.2) is 18.6 Å². The van der Waals surface area contributed by atoms with Gasteiger partial charge in [-0.25, -0.2) is 0 Å². The zero-order chi connectivity index (χ0) is 15.8. The van der Waals surface area contributed by atoms with E-state index in [1.165, 1.54) is 17.5 Å². The van der Waals surface area contributed by atoms with Crippen LogP contribution in [0.1, 0.15) is 63.5 Å². The quantitative estimate of drug-likeness (QED) is 0.446. The smallest absolute Gasteiger partial charge is 0.127 e. The first kappa shape index (κ1) is 16.7. The summed E-state index contributed by atoms with van der Waals surface area (Å²) in [4.78, 5) is 4.84. The Kier molecular flexibility index (Phi) is 6.17. The van der Waals surface area contributed by atoms with Crippen LogP contribution in [0.15, 0.2) is 34.4 Å². The van der Waals surface area contributed by atoms with Crippen LogP contribution in [0, 0.1) is 6.92 Å². The van der Waals surface area contributed by atoms with Gasteiger partial charge < -0.3 is 0 Å². The SMILES string of the molecule is CCC/C=N/NC(=NCCC)C1(c2ccccc2C)CCC1. The summed E-state index contributed by atoms with van der Waals surface area (Å²) in [6.45, 7) is 7.40. The number of nitrogens with one attached hydrogen (secondary N) is 1. The number of hydrazone groups is 1. The van der Waals surface area contributed by atoms with Gasteiger partial charge in [0.1, 0.15) is 5.84 Å². The zero-order valence-electron chi connectivity index (χ0n) is 14.2. The van der Waals surface area contributed by atoms with Crippen molar-refractivity contribution in [2.24, 2.45) is 10.1 Å². The number of rotatable bonds is 7. The first-order valence-electron chi connectivity index (χ1n) is 8.63. The van der Waals surface area contributed by atoms with E-state index in [0.717, 1.165) is 44.5 Å². The lowest BCUT2D eigenvalue weighted by atomic mass is 9.62. The third-order valence-electron chi connectivity index (χ3n) is 4.49. The standard InChI is InChI=1S/C19H29N3/c1-4-6-15-21-22-18(20-14-5-2)19(12-9-13-19)17-11-8-7-10-16(17)3/h7-8,10-11,15H,4-6,9,12-14H2,1-3H3,(H,20,22)/b21-15+. The number of aliphatic imine (C=N–C) groups is 1. The van der Waals surface area contributed by atoms with Gasteiger partial charge in [-0.15, -0.1) is 0 Å². The minimum atomic E-state index is 0.0457. The third-order valence-corrected chi connectivity index (χ3v) is 4.49. The molecule has 2 rings (SSSR count). The molecule has 0 saturated heterocycles. The molecular formula is C19H29N3. The number of nitrogens with zero attached hydrogens (tertiary/aromatic N) is 2. The summed E-state index contributed by atoms with van der Waals surface area (Å²) in [5.41, 5.74) is 6.09. The van der Waals surface area contributed by atoms with E-state index in [1.807, 2.05) is 6.21 Å². The van der Waals surface area contributed by atoms with E-state index in [9.17, 15) is 0 Å². The van der Waals surface area contributed by atoms with Gasteiger partial charge in [0.2, 0.25) is 0 Å². The summed E-state index contributed by atoms with van der Waals surface area (Å²) in [5, 5.41) is 4.41. The van der Waals surface area contributed by atoms with Gasteiger partial charge in [-0.1, -0.05) is 51.0 Å². The highest BCUT2D eigenvalue weighted by Crippen LogP contribution is 2.45. The van der Waals surface area contributed by atoms with Crippen LogP contribution < -0.4 is 5.43 Å². The van der Waals surface area contributed by atoms with Gasteiger partial charge in [-0.05, 0) is 43.7 Å². The number of unbranched alkanes of at least 4 members (excludes halogenated alkanes) is 1. The van der Waals surface area contributed by atoms with Gasteiger partial charge in [0.05, 0.1) is 5.41 Å². The van der Waals surface area contributed by atoms with Crippen molar-refractivity contribution in [2.45, 2.75) is 64.7 Å². The average molecular weight is 299 g/mol. The highest BCUT2D eigenvalue weighted by molar-refractivity contribution is 5.94. The van der Waals surface area contributed by atoms with Crippen LogP contribution in [0.5, 0.6) is 0 Å². The Morgan fingerprint density at radius 3 is 2.59 bits per heavy atom. The second kappa shape index (κ2) is 8.11. The highest BCUT2D eigenvalue weighted by Gasteiger charge is 2.44. The van der Waals surface area contributed by atoms with E-state index >= 15 is 0 Å². The molecule has 1 aromatic rings. The minimum absolute atomic E-state index is 0.0457. The number of benzene rings is 1. The van der Waals surface area contributed by atoms with Crippen molar-refractivity contribution in [3.63, 3.8) is 0 Å². The molecule has 0 heterocycles. The molecule has 22 heavy (non-hydrogen) atoms. The lowest BCUT2D eigenvalue weighted by Gasteiger charge is -2.43. The number of hydrogen-bond acceptors (Lipinski definition) is 2. The van der Waals surface area contributed by atoms with Crippen LogP contribution >= 0.6 is 0 Å². The largest absolute Gasteiger partial charge is 0.270 e. The van der Waals surface area contributed by atoms with Crippen molar-refractivity contribution in [3.05, 3.63) is 35.4 Å². The molecule has 0 radical (unpaired) electrons. The molecule has 1 fully saturated rings. The zero-order valence-corrected chi connectivity index (χ0v) is 14.2. The molecule has 0 unspecified atom stereocenters. The summed E-state index contributed by atoms with van der Waals surface area (Å²) in [7, 11) is 0. The monoisotopic (exact) mass is 299 g/mol. The van der Waals surface area contributed by atoms with E-state index in [-0.39, 0.29) is 5.41 Å². The fraction of sp³-hybridized carbons (Fsp3) is 0.579. The average Bonchev–Trinajstić information content (AvgIpc) is 2.49. The van der Waals surface area contributed by atoms with Gasteiger partial charge in [0.15, 0.2) is 0 Å². The maximum atomic E-state index is 4.84. The fourth-order valence-electron chi connectivity index (χ4n) is 3.09. The van der Waals surface area contributed by atoms with E-state index in [1.54, 1.807) is 0 Å². The molecule has 1 N–H and O–H groups in total. The van der Waals surface area contributed by atoms with Crippen molar-refractivity contribution in [1.29, 1.82) is 0 Å². The molecule has 1 aliphatic rings. The molecule has 1 aromatic carbocycles. The van der Waals surface area contributed by atoms with Crippen molar-refractivity contribution in [3.8, 4) is 0 Å². The predicted molar refractivity (Wildman–Crippen MR) is 95.8 cm³/mol. The third kappa shape index (κ3) is 3.57. The summed E-state index contributed by atoms with van der Waals surface area (Å²) in [6.07, 6.45) is 8.74. The maximum absolute atomic E-state index is 4.84. The molecular weight excluding hydrogens is 270 g/mol. The Labute approximate surface area is 134 Å². The molecule has 0 bridgehead atoms. The normalized spacial score (nSPS) is 17.5. The lowest BCUT2D eigenvalue weighted by Crippen LogP contribution is -2.48. The summed E-state index contributed by atoms with van der Waals surface area (Å²) < 4.78 is 0. The van der Waals surface area contributed by atoms with E-state index < -0.39 is 0 Å². The fourth-order valence-corrected chi connectivity index (χ4v) is 3.09. The second-order valence-electron chi connectivity index (χ2n) is 6.19. The molecule has 0 atom stereocenters. The Balaban J connectivity index is 2.29. The highest BCUT2D eigenvalue weighted by atomic mass is 15.3. The van der Waals surface area contributed by atoms with E-state index in [2.05, 4.69) is 55.6 Å². The Hall–Kier alpha value is -1.64. The summed E-state index contributed by atoms with van der Waals surface area (Å²) in [5.74, 6) is 1.06. The molecule has 3 heteroatoms. The van der Waals surface area contributed by atoms with Crippen LogP contribution in [0.4, 0.5) is 0 Å². The molecule has 120 valence electrons. The number of aryl methyl sites for hydroxylation is 1. The lowest BCUT2D eigenvalue weighted by molar-refractivity contribution is 0.330. The van der Waals surface area contributed by atoms with Crippen LogP contribution in [0.3, 0.4) is 0 Å². The Morgan fingerprint density at radius 1 is 1.23 bits per heavy atom. The van der Waals surface area contributed by atoms with Gasteiger partial charge >= 0.3 is 0 Å². The minimum Gasteiger partial charge on any atom is -0.270 e. The van der Waals surface area contributed by atoms with E-state index in [0.29, 0.717) is 0 Å². The molecule has 1 aliphatic carbocycles. The molecule has 0 amide bonds. The first-order valence-corrected chi connectivity index (χ1v) is 8.63. The molecule has 0 aromatic heterocycles. The summed E-state index contributed by atoms with van der Waals surface area (Å²) >= 11 is 0. The maximum Gasteiger partial charge on any atom is 0.127 e. The number of amidine groups is 1. The van der Waals surface area contributed by atoms with Crippen LogP contribution in [0.25, 0.3) is 0 Å². The van der Waals surface area contributed by atoms with Gasteiger partial charge in [0.25, 0.3) is 0 Å². The van der Waals surface area contributed by atoms with Gasteiger partial charge in [0, 0.05) is 12.8 Å². The van der Waals surface area contributed by atoms with Crippen molar-refractivity contribution < 1.29 is 0 Å². The molecule has 0 aliphatic heterocycles. The molecule has 1 saturated carbocycles. The molecule has 3 nitrogen and oxygen atoms in total. The summed E-state index contributed by atoms with van der Waals surface area (Å²) in [6, 6.07) is 8.71. The van der Waals surface area contributed by atoms with Gasteiger partial charge in [-0.3, -0.25) is 10.4 Å². The van der Waals surface area contributed by atoms with Crippen LogP contribution in [-0.2, 0) is 5.41 Å². The molecule has 0 spiro atoms. The second-order valence-corrected chi connectivity index (χ2v) is 6.19. The van der Waals surface area contributed by atoms with Crippen molar-refractivity contribution >= 4 is 12.1 Å². The predicted octanol–water partition coefficient (Wildman–Crippen LogP) is 4.60. The Bertz CT molecular complexity index is 527. The topological polar surface area (TPSA) is 36.8 Å². The Morgan fingerprint density at radius 2 is 2.00 bits per heavy atom. The van der Waals surface area contributed by atoms with Gasteiger partial charge in [-0.2, -0.15) is 5.10 Å². The van der Waals surface area contributed by atoms with Crippen LogP contribution in [0.2, 0.25) is 0 Å². The first-order chi connectivity index (χ1) is 10.7. The van der Waals surface area contributed by atoms with E-state index in [4.69, 9.17) is 4.99 Å².